The van der Waals surface area contributed by atoms with Crippen molar-refractivity contribution in [2.24, 2.45) is 11.7 Å². The van der Waals surface area contributed by atoms with Gasteiger partial charge >= 0.3 is 0 Å². The van der Waals surface area contributed by atoms with Crippen LogP contribution in [-0.4, -0.2) is 59.9 Å². The predicted molar refractivity (Wildman–Crippen MR) is 148 cm³/mol. The number of Topliss-reactive ketones (excluding diaryl/α,β-unsaturated/α-hetero) is 1. The third-order valence-electron chi connectivity index (χ3n) is 7.94. The normalized spacial score (nSPS) is 20.7. The minimum absolute atomic E-state index is 0.00112. The van der Waals surface area contributed by atoms with E-state index in [0.717, 1.165) is 31.2 Å². The van der Waals surface area contributed by atoms with Crippen molar-refractivity contribution < 1.29 is 28.7 Å². The van der Waals surface area contributed by atoms with Crippen LogP contribution in [0.2, 0.25) is 0 Å². The van der Waals surface area contributed by atoms with Crippen LogP contribution < -0.4 is 21.1 Å². The number of ether oxygens (including phenoxy) is 2. The molecule has 1 aromatic heterocycles. The van der Waals surface area contributed by atoms with E-state index in [4.69, 9.17) is 15.2 Å². The number of primary amides is 1. The van der Waals surface area contributed by atoms with E-state index in [0.29, 0.717) is 30.3 Å². The first-order valence-corrected chi connectivity index (χ1v) is 13.8. The van der Waals surface area contributed by atoms with Crippen LogP contribution in [0.25, 0.3) is 0 Å². The van der Waals surface area contributed by atoms with Gasteiger partial charge in [-0.25, -0.2) is 0 Å². The Kier molecular flexibility index (Phi) is 9.19. The number of rotatable bonds is 13. The molecule has 214 valence electrons. The van der Waals surface area contributed by atoms with Crippen LogP contribution in [-0.2, 0) is 25.5 Å². The summed E-state index contributed by atoms with van der Waals surface area (Å²) in [5.41, 5.74) is 5.75. The molecule has 10 nitrogen and oxygen atoms in total. The van der Waals surface area contributed by atoms with Crippen molar-refractivity contribution in [1.29, 1.82) is 0 Å². The zero-order valence-corrected chi connectivity index (χ0v) is 23.3. The van der Waals surface area contributed by atoms with Gasteiger partial charge in [0.1, 0.15) is 23.1 Å². The summed E-state index contributed by atoms with van der Waals surface area (Å²) in [6, 6.07) is 8.74. The highest BCUT2D eigenvalue weighted by Gasteiger charge is 2.50. The van der Waals surface area contributed by atoms with Crippen molar-refractivity contribution >= 4 is 23.5 Å². The van der Waals surface area contributed by atoms with E-state index >= 15 is 0 Å². The molecule has 4 atom stereocenters. The molecule has 2 aliphatic rings. The summed E-state index contributed by atoms with van der Waals surface area (Å²) >= 11 is 0. The lowest BCUT2D eigenvalue weighted by atomic mass is 9.90. The van der Waals surface area contributed by atoms with Crippen molar-refractivity contribution in [1.82, 2.24) is 15.6 Å². The Hall–Kier alpha value is -3.79. The number of hydrogen-bond acceptors (Lipinski definition) is 7. The lowest BCUT2D eigenvalue weighted by Gasteiger charge is -2.26. The molecule has 3 amide bonds. The van der Waals surface area contributed by atoms with E-state index < -0.39 is 41.3 Å². The fourth-order valence-corrected chi connectivity index (χ4v) is 5.32. The summed E-state index contributed by atoms with van der Waals surface area (Å²) in [4.78, 5) is 56.4. The molecular formula is C30H38N4O6. The molecule has 0 bridgehead atoms. The van der Waals surface area contributed by atoms with Gasteiger partial charge < -0.3 is 25.8 Å². The van der Waals surface area contributed by atoms with Gasteiger partial charge in [0.25, 0.3) is 5.91 Å². The maximum atomic E-state index is 13.7. The van der Waals surface area contributed by atoms with Crippen LogP contribution in [0.4, 0.5) is 0 Å². The standard InChI is InChI=1S/C30H38N4O6/c1-18(22-9-6-14-32-25(22)27(31)36)28(37)34-24(16-20-10-12-21(39-3)13-11-20)29(38)33-23(15-19-7-4-5-8-19)26(35)30(2)17-40-30/h6,9-14,18-19,23-24H,4-5,7-8,15-17H2,1-3H3,(H2,31,36)(H,33,38)(H,34,37)/t18-,23+,24+,30-/m1/s1. The van der Waals surface area contributed by atoms with Gasteiger partial charge in [-0.2, -0.15) is 0 Å². The molecule has 40 heavy (non-hydrogen) atoms. The molecule has 10 heteroatoms. The average molecular weight is 551 g/mol. The summed E-state index contributed by atoms with van der Waals surface area (Å²) in [5.74, 6) is -1.61. The number of nitrogens with one attached hydrogen (secondary N) is 2. The first kappa shape index (κ1) is 29.2. The van der Waals surface area contributed by atoms with Crippen molar-refractivity contribution in [3.8, 4) is 5.75 Å². The quantitative estimate of drug-likeness (QED) is 0.324. The summed E-state index contributed by atoms with van der Waals surface area (Å²) in [7, 11) is 1.57. The topological polar surface area (TPSA) is 153 Å². The lowest BCUT2D eigenvalue weighted by Crippen LogP contribution is -2.55. The average Bonchev–Trinajstić information content (AvgIpc) is 3.50. The lowest BCUT2D eigenvalue weighted by molar-refractivity contribution is -0.133. The minimum Gasteiger partial charge on any atom is -0.497 e. The number of nitrogens with two attached hydrogens (primary N) is 1. The van der Waals surface area contributed by atoms with Gasteiger partial charge in [-0.05, 0) is 55.5 Å². The molecule has 4 rings (SSSR count). The molecule has 4 N–H and O–H groups in total. The Morgan fingerprint density at radius 3 is 2.33 bits per heavy atom. The molecule has 0 spiro atoms. The first-order valence-electron chi connectivity index (χ1n) is 13.8. The zero-order chi connectivity index (χ0) is 28.9. The van der Waals surface area contributed by atoms with E-state index in [-0.39, 0.29) is 17.9 Å². The van der Waals surface area contributed by atoms with Crippen molar-refractivity contribution in [3.05, 3.63) is 59.4 Å². The number of amides is 3. The Bertz CT molecular complexity index is 1240. The molecule has 1 saturated carbocycles. The Balaban J connectivity index is 1.56. The number of hydrogen-bond donors (Lipinski definition) is 3. The largest absolute Gasteiger partial charge is 0.497 e. The second-order valence-corrected chi connectivity index (χ2v) is 11.0. The maximum absolute atomic E-state index is 13.7. The van der Waals surface area contributed by atoms with Crippen LogP contribution in [0.5, 0.6) is 5.75 Å². The Morgan fingerprint density at radius 1 is 1.07 bits per heavy atom. The maximum Gasteiger partial charge on any atom is 0.267 e. The van der Waals surface area contributed by atoms with Crippen LogP contribution in [0.1, 0.15) is 73.5 Å². The van der Waals surface area contributed by atoms with E-state index in [2.05, 4.69) is 15.6 Å². The molecule has 1 saturated heterocycles. The van der Waals surface area contributed by atoms with E-state index in [1.54, 1.807) is 45.2 Å². The van der Waals surface area contributed by atoms with Gasteiger partial charge in [0, 0.05) is 12.6 Å². The number of epoxide rings is 1. The van der Waals surface area contributed by atoms with E-state index in [1.807, 2.05) is 12.1 Å². The monoisotopic (exact) mass is 550 g/mol. The number of carbonyl (C=O) groups is 4. The minimum atomic E-state index is -0.983. The van der Waals surface area contributed by atoms with Crippen LogP contribution in [0.15, 0.2) is 42.6 Å². The molecule has 2 fully saturated rings. The second-order valence-electron chi connectivity index (χ2n) is 11.0. The molecule has 0 unspecified atom stereocenters. The molecule has 1 aromatic carbocycles. The van der Waals surface area contributed by atoms with Crippen LogP contribution in [0, 0.1) is 5.92 Å². The van der Waals surface area contributed by atoms with Crippen molar-refractivity contribution in [3.63, 3.8) is 0 Å². The van der Waals surface area contributed by atoms with Gasteiger partial charge in [-0.15, -0.1) is 0 Å². The second kappa shape index (κ2) is 12.6. The first-order chi connectivity index (χ1) is 19.1. The third-order valence-corrected chi connectivity index (χ3v) is 7.94. The molecular weight excluding hydrogens is 512 g/mol. The molecule has 1 aliphatic carbocycles. The van der Waals surface area contributed by atoms with Gasteiger partial charge in [-0.3, -0.25) is 24.2 Å². The number of nitrogens with zero attached hydrogens (tertiary/aromatic N) is 1. The van der Waals surface area contributed by atoms with Gasteiger partial charge in [0.05, 0.1) is 25.7 Å². The predicted octanol–water partition coefficient (Wildman–Crippen LogP) is 2.44. The van der Waals surface area contributed by atoms with Crippen LogP contribution in [0.3, 0.4) is 0 Å². The molecule has 0 radical (unpaired) electrons. The summed E-state index contributed by atoms with van der Waals surface area (Å²) in [5, 5.41) is 5.80. The number of aromatic nitrogens is 1. The van der Waals surface area contributed by atoms with E-state index in [1.165, 1.54) is 6.20 Å². The molecule has 1 aliphatic heterocycles. The summed E-state index contributed by atoms with van der Waals surface area (Å²) < 4.78 is 10.6. The number of carbonyl (C=O) groups excluding carboxylic acids is 4. The highest BCUT2D eigenvalue weighted by molar-refractivity contribution is 5.99. The molecule has 2 aromatic rings. The fourth-order valence-electron chi connectivity index (χ4n) is 5.32. The van der Waals surface area contributed by atoms with Gasteiger partial charge in [0.2, 0.25) is 11.8 Å². The zero-order valence-electron chi connectivity index (χ0n) is 23.3. The van der Waals surface area contributed by atoms with Crippen LogP contribution >= 0.6 is 0 Å². The number of benzene rings is 1. The Labute approximate surface area is 234 Å². The summed E-state index contributed by atoms with van der Waals surface area (Å²) in [6.45, 7) is 3.70. The SMILES string of the molecule is COc1ccc(C[C@H](NC(=O)[C@H](C)c2cccnc2C(N)=O)C(=O)N[C@@H](CC2CCCC2)C(=O)[C@@]2(C)CO2)cc1. The summed E-state index contributed by atoms with van der Waals surface area (Å²) in [6.07, 6.45) is 6.43. The number of methoxy groups -OCH3 is 1. The van der Waals surface area contributed by atoms with Gasteiger partial charge in [0.15, 0.2) is 5.78 Å². The fraction of sp³-hybridized carbons (Fsp3) is 0.500. The smallest absolute Gasteiger partial charge is 0.267 e. The number of pyridine rings is 1. The van der Waals surface area contributed by atoms with Crippen molar-refractivity contribution in [2.45, 2.75) is 76.0 Å². The van der Waals surface area contributed by atoms with E-state index in [9.17, 15) is 19.2 Å². The Morgan fingerprint density at radius 2 is 1.73 bits per heavy atom. The third kappa shape index (κ3) is 7.04. The number of ketones is 1. The van der Waals surface area contributed by atoms with Gasteiger partial charge in [-0.1, -0.05) is 43.9 Å². The molecule has 2 heterocycles. The van der Waals surface area contributed by atoms with Crippen molar-refractivity contribution in [2.75, 3.05) is 13.7 Å². The highest BCUT2D eigenvalue weighted by Crippen LogP contribution is 2.33. The highest BCUT2D eigenvalue weighted by atomic mass is 16.6.